The van der Waals surface area contributed by atoms with Crippen LogP contribution in [-0.2, 0) is 10.0 Å². The summed E-state index contributed by atoms with van der Waals surface area (Å²) in [6.07, 6.45) is 2.95. The lowest BCUT2D eigenvalue weighted by molar-refractivity contribution is 0.600. The Hall–Kier alpha value is -1.47. The summed E-state index contributed by atoms with van der Waals surface area (Å²) < 4.78 is 27.3. The molecule has 0 saturated heterocycles. The first-order valence-corrected chi connectivity index (χ1v) is 7.74. The van der Waals surface area contributed by atoms with Gasteiger partial charge in [0.15, 0.2) is 0 Å². The fourth-order valence-corrected chi connectivity index (χ4v) is 2.67. The highest BCUT2D eigenvalue weighted by molar-refractivity contribution is 9.10. The maximum absolute atomic E-state index is 12.1. The molecule has 0 bridgehead atoms. The second-order valence-electron chi connectivity index (χ2n) is 4.08. The molecule has 19 heavy (non-hydrogen) atoms. The van der Waals surface area contributed by atoms with Gasteiger partial charge in [-0.3, -0.25) is 0 Å². The molecule has 0 atom stereocenters. The average molecular weight is 342 g/mol. The van der Waals surface area contributed by atoms with Crippen molar-refractivity contribution in [2.75, 3.05) is 4.72 Å². The van der Waals surface area contributed by atoms with Gasteiger partial charge in [0, 0.05) is 12.4 Å². The van der Waals surface area contributed by atoms with Gasteiger partial charge in [0.05, 0.1) is 9.37 Å². The predicted molar refractivity (Wildman–Crippen MR) is 76.5 cm³/mol. The number of nitrogens with zero attached hydrogens (tertiary/aromatic N) is 2. The van der Waals surface area contributed by atoms with Crippen LogP contribution in [0.25, 0.3) is 0 Å². The SMILES string of the molecule is Cc1ccc(S(=O)(=O)Nc2ncc(Br)cn2)cc1C. The Bertz CT molecular complexity index is 699. The van der Waals surface area contributed by atoms with Crippen LogP contribution in [0.4, 0.5) is 5.95 Å². The number of sulfonamides is 1. The maximum Gasteiger partial charge on any atom is 0.264 e. The summed E-state index contributed by atoms with van der Waals surface area (Å²) in [5, 5.41) is 0. The Balaban J connectivity index is 2.32. The predicted octanol–water partition coefficient (Wildman–Crippen LogP) is 2.66. The highest BCUT2D eigenvalue weighted by atomic mass is 79.9. The first-order valence-electron chi connectivity index (χ1n) is 5.46. The van der Waals surface area contributed by atoms with Crippen LogP contribution in [0.1, 0.15) is 11.1 Å². The molecule has 1 N–H and O–H groups in total. The fourth-order valence-electron chi connectivity index (χ4n) is 1.43. The topological polar surface area (TPSA) is 72.0 Å². The Morgan fingerprint density at radius 3 is 2.32 bits per heavy atom. The van der Waals surface area contributed by atoms with Gasteiger partial charge in [-0.2, -0.15) is 0 Å². The third-order valence-corrected chi connectivity index (χ3v) is 4.37. The summed E-state index contributed by atoms with van der Waals surface area (Å²) in [5.74, 6) is 0.0430. The molecular formula is C12H12BrN3O2S. The summed E-state index contributed by atoms with van der Waals surface area (Å²) in [5.41, 5.74) is 1.96. The van der Waals surface area contributed by atoms with Crippen LogP contribution < -0.4 is 4.72 Å². The van der Waals surface area contributed by atoms with E-state index in [1.54, 1.807) is 18.2 Å². The normalized spacial score (nSPS) is 11.3. The highest BCUT2D eigenvalue weighted by Gasteiger charge is 2.16. The first-order chi connectivity index (χ1) is 8.88. The minimum absolute atomic E-state index is 0.0430. The molecule has 0 amide bonds. The molecule has 1 aromatic carbocycles. The molecule has 2 aromatic rings. The van der Waals surface area contributed by atoms with E-state index in [2.05, 4.69) is 30.6 Å². The molecule has 0 spiro atoms. The van der Waals surface area contributed by atoms with Crippen LogP contribution in [0.3, 0.4) is 0 Å². The van der Waals surface area contributed by atoms with Crippen LogP contribution in [0.5, 0.6) is 0 Å². The minimum Gasteiger partial charge on any atom is -0.247 e. The smallest absolute Gasteiger partial charge is 0.247 e. The average Bonchev–Trinajstić information content (AvgIpc) is 2.35. The van der Waals surface area contributed by atoms with Crippen LogP contribution in [0.2, 0.25) is 0 Å². The van der Waals surface area contributed by atoms with Crippen molar-refractivity contribution < 1.29 is 8.42 Å². The molecule has 100 valence electrons. The van der Waals surface area contributed by atoms with E-state index in [0.717, 1.165) is 11.1 Å². The van der Waals surface area contributed by atoms with Gasteiger partial charge in [-0.1, -0.05) is 6.07 Å². The van der Waals surface area contributed by atoms with Gasteiger partial charge in [0.2, 0.25) is 5.95 Å². The van der Waals surface area contributed by atoms with E-state index in [1.165, 1.54) is 12.4 Å². The Kier molecular flexibility index (Phi) is 3.86. The molecule has 0 aliphatic carbocycles. The number of hydrogen-bond acceptors (Lipinski definition) is 4. The third-order valence-electron chi connectivity index (χ3n) is 2.63. The van der Waals surface area contributed by atoms with Crippen molar-refractivity contribution in [3.63, 3.8) is 0 Å². The number of benzene rings is 1. The van der Waals surface area contributed by atoms with E-state index < -0.39 is 10.0 Å². The van der Waals surface area contributed by atoms with E-state index in [0.29, 0.717) is 4.47 Å². The molecule has 0 saturated carbocycles. The number of nitrogens with one attached hydrogen (secondary N) is 1. The van der Waals surface area contributed by atoms with Crippen molar-refractivity contribution in [3.05, 3.63) is 46.2 Å². The van der Waals surface area contributed by atoms with Crippen LogP contribution in [-0.4, -0.2) is 18.4 Å². The molecule has 0 aliphatic heterocycles. The summed E-state index contributed by atoms with van der Waals surface area (Å²) in [6.45, 7) is 3.79. The summed E-state index contributed by atoms with van der Waals surface area (Å²) >= 11 is 3.19. The van der Waals surface area contributed by atoms with Crippen LogP contribution in [0.15, 0.2) is 40.0 Å². The number of rotatable bonds is 3. The van der Waals surface area contributed by atoms with Gasteiger partial charge >= 0.3 is 0 Å². The molecule has 5 nitrogen and oxygen atoms in total. The zero-order valence-corrected chi connectivity index (χ0v) is 12.8. The fraction of sp³-hybridized carbons (Fsp3) is 0.167. The lowest BCUT2D eigenvalue weighted by atomic mass is 10.1. The molecule has 0 fully saturated rings. The molecule has 1 heterocycles. The molecule has 1 aromatic heterocycles. The zero-order chi connectivity index (χ0) is 14.0. The van der Waals surface area contributed by atoms with Crippen LogP contribution >= 0.6 is 15.9 Å². The second kappa shape index (κ2) is 5.26. The first kappa shape index (κ1) is 14.0. The van der Waals surface area contributed by atoms with E-state index in [4.69, 9.17) is 0 Å². The van der Waals surface area contributed by atoms with Crippen molar-refractivity contribution in [1.82, 2.24) is 9.97 Å². The van der Waals surface area contributed by atoms with Crippen molar-refractivity contribution in [2.45, 2.75) is 18.7 Å². The number of aryl methyl sites for hydroxylation is 2. The van der Waals surface area contributed by atoms with Crippen LogP contribution in [0, 0.1) is 13.8 Å². The molecule has 0 aliphatic rings. The van der Waals surface area contributed by atoms with Gasteiger partial charge < -0.3 is 0 Å². The molecule has 2 rings (SSSR count). The monoisotopic (exact) mass is 341 g/mol. The lowest BCUT2D eigenvalue weighted by Gasteiger charge is -2.08. The third kappa shape index (κ3) is 3.30. The van der Waals surface area contributed by atoms with Gasteiger partial charge in [0.25, 0.3) is 10.0 Å². The second-order valence-corrected chi connectivity index (χ2v) is 6.67. The van der Waals surface area contributed by atoms with Gasteiger partial charge in [0.1, 0.15) is 0 Å². The van der Waals surface area contributed by atoms with Gasteiger partial charge in [-0.05, 0) is 53.0 Å². The van der Waals surface area contributed by atoms with E-state index in [1.807, 2.05) is 13.8 Å². The van der Waals surface area contributed by atoms with E-state index in [9.17, 15) is 8.42 Å². The van der Waals surface area contributed by atoms with Crippen molar-refractivity contribution in [2.24, 2.45) is 0 Å². The molecular weight excluding hydrogens is 330 g/mol. The lowest BCUT2D eigenvalue weighted by Crippen LogP contribution is -2.15. The van der Waals surface area contributed by atoms with Gasteiger partial charge in [-0.25, -0.2) is 23.1 Å². The maximum atomic E-state index is 12.1. The Morgan fingerprint density at radius 2 is 1.74 bits per heavy atom. The molecule has 7 heteroatoms. The van der Waals surface area contributed by atoms with E-state index >= 15 is 0 Å². The standard InChI is InChI=1S/C12H12BrN3O2S/c1-8-3-4-11(5-9(8)2)19(17,18)16-12-14-6-10(13)7-15-12/h3-7H,1-2H3,(H,14,15,16). The zero-order valence-electron chi connectivity index (χ0n) is 10.4. The van der Waals surface area contributed by atoms with Gasteiger partial charge in [-0.15, -0.1) is 0 Å². The number of hydrogen-bond donors (Lipinski definition) is 1. The number of anilines is 1. The Morgan fingerprint density at radius 1 is 1.11 bits per heavy atom. The van der Waals surface area contributed by atoms with E-state index in [-0.39, 0.29) is 10.8 Å². The summed E-state index contributed by atoms with van der Waals surface area (Å²) in [4.78, 5) is 7.96. The summed E-state index contributed by atoms with van der Waals surface area (Å²) in [7, 11) is -3.66. The number of aromatic nitrogens is 2. The Labute approximate surface area is 120 Å². The minimum atomic E-state index is -3.66. The van der Waals surface area contributed by atoms with Crippen molar-refractivity contribution in [3.8, 4) is 0 Å². The number of halogens is 1. The molecule has 0 radical (unpaired) electrons. The highest BCUT2D eigenvalue weighted by Crippen LogP contribution is 2.17. The quantitative estimate of drug-likeness (QED) is 0.931. The summed E-state index contributed by atoms with van der Waals surface area (Å²) in [6, 6.07) is 4.95. The van der Waals surface area contributed by atoms with Crippen molar-refractivity contribution >= 4 is 31.9 Å². The molecule has 0 unspecified atom stereocenters. The van der Waals surface area contributed by atoms with Crippen molar-refractivity contribution in [1.29, 1.82) is 0 Å². The largest absolute Gasteiger partial charge is 0.264 e.